The Kier molecular flexibility index (Phi) is 11.6. The summed E-state index contributed by atoms with van der Waals surface area (Å²) in [5.74, 6) is 1.49. The Morgan fingerprint density at radius 1 is 0.949 bits per heavy atom. The molecule has 1 aromatic heterocycles. The summed E-state index contributed by atoms with van der Waals surface area (Å²) in [5.41, 5.74) is 1.69. The SMILES string of the molecule is COCCCN(CC(=O)N(CCc1ccc(OC)c(OC)c1)Cc1ccco1)S(=O)(=O)C=Cc1ccccc1. The quantitative estimate of drug-likeness (QED) is 0.244. The van der Waals surface area contributed by atoms with E-state index in [1.807, 2.05) is 48.5 Å². The molecule has 3 aromatic rings. The summed E-state index contributed by atoms with van der Waals surface area (Å²) in [6, 6.07) is 18.3. The predicted molar refractivity (Wildman–Crippen MR) is 150 cm³/mol. The Bertz CT molecular complexity index is 1290. The van der Waals surface area contributed by atoms with Crippen LogP contribution in [0.25, 0.3) is 6.08 Å². The first-order chi connectivity index (χ1) is 18.9. The third kappa shape index (κ3) is 9.27. The van der Waals surface area contributed by atoms with E-state index in [1.165, 1.54) is 10.4 Å². The fourth-order valence-electron chi connectivity index (χ4n) is 3.93. The minimum absolute atomic E-state index is 0.144. The van der Waals surface area contributed by atoms with E-state index in [4.69, 9.17) is 18.6 Å². The second kappa shape index (κ2) is 15.1. The molecule has 0 N–H and O–H groups in total. The first-order valence-electron chi connectivity index (χ1n) is 12.6. The van der Waals surface area contributed by atoms with E-state index in [0.29, 0.717) is 43.3 Å². The zero-order valence-corrected chi connectivity index (χ0v) is 23.4. The second-order valence-corrected chi connectivity index (χ2v) is 10.6. The van der Waals surface area contributed by atoms with E-state index in [2.05, 4.69) is 0 Å². The Balaban J connectivity index is 1.79. The number of rotatable bonds is 16. The molecule has 0 spiro atoms. The third-order valence-electron chi connectivity index (χ3n) is 6.06. The van der Waals surface area contributed by atoms with Crippen molar-refractivity contribution in [2.45, 2.75) is 19.4 Å². The average molecular weight is 557 g/mol. The first kappa shape index (κ1) is 29.9. The lowest BCUT2D eigenvalue weighted by Crippen LogP contribution is -2.43. The van der Waals surface area contributed by atoms with E-state index < -0.39 is 10.0 Å². The Labute approximate surface area is 230 Å². The number of ether oxygens (including phenoxy) is 3. The number of carbonyl (C=O) groups excluding carboxylic acids is 1. The zero-order valence-electron chi connectivity index (χ0n) is 22.6. The highest BCUT2D eigenvalue weighted by Gasteiger charge is 2.25. The van der Waals surface area contributed by atoms with Crippen LogP contribution >= 0.6 is 0 Å². The van der Waals surface area contributed by atoms with Crippen molar-refractivity contribution in [1.29, 1.82) is 0 Å². The van der Waals surface area contributed by atoms with E-state index >= 15 is 0 Å². The van der Waals surface area contributed by atoms with Gasteiger partial charge in [0.05, 0.1) is 33.6 Å². The molecule has 1 heterocycles. The van der Waals surface area contributed by atoms with Crippen molar-refractivity contribution >= 4 is 22.0 Å². The summed E-state index contributed by atoms with van der Waals surface area (Å²) >= 11 is 0. The van der Waals surface area contributed by atoms with Crippen LogP contribution in [0.15, 0.2) is 76.8 Å². The molecule has 1 amide bonds. The van der Waals surface area contributed by atoms with Crippen LogP contribution in [-0.4, -0.2) is 71.1 Å². The number of furan rings is 1. The molecular weight excluding hydrogens is 520 g/mol. The van der Waals surface area contributed by atoms with Crippen LogP contribution in [0.1, 0.15) is 23.3 Å². The van der Waals surface area contributed by atoms with Crippen LogP contribution in [0, 0.1) is 0 Å². The number of hydrogen-bond acceptors (Lipinski definition) is 7. The van der Waals surface area contributed by atoms with E-state index in [-0.39, 0.29) is 25.5 Å². The van der Waals surface area contributed by atoms with Gasteiger partial charge in [0.15, 0.2) is 11.5 Å². The van der Waals surface area contributed by atoms with Crippen molar-refractivity contribution in [3.63, 3.8) is 0 Å². The Hall–Kier alpha value is -3.60. The number of methoxy groups -OCH3 is 3. The van der Waals surface area contributed by atoms with Crippen LogP contribution in [-0.2, 0) is 32.5 Å². The van der Waals surface area contributed by atoms with Gasteiger partial charge in [0, 0.05) is 32.2 Å². The van der Waals surface area contributed by atoms with Gasteiger partial charge in [-0.15, -0.1) is 0 Å². The van der Waals surface area contributed by atoms with Gasteiger partial charge in [0.25, 0.3) is 0 Å². The van der Waals surface area contributed by atoms with Gasteiger partial charge in [-0.25, -0.2) is 8.42 Å². The molecule has 10 heteroatoms. The van der Waals surface area contributed by atoms with Crippen molar-refractivity contribution in [3.05, 3.63) is 89.2 Å². The molecule has 0 aliphatic heterocycles. The number of amides is 1. The van der Waals surface area contributed by atoms with E-state index in [0.717, 1.165) is 16.5 Å². The largest absolute Gasteiger partial charge is 0.493 e. The molecule has 0 fully saturated rings. The van der Waals surface area contributed by atoms with Gasteiger partial charge in [0.1, 0.15) is 5.76 Å². The summed E-state index contributed by atoms with van der Waals surface area (Å²) in [4.78, 5) is 15.2. The van der Waals surface area contributed by atoms with Gasteiger partial charge in [-0.2, -0.15) is 4.31 Å². The molecular formula is C29H36N2O7S. The van der Waals surface area contributed by atoms with Crippen LogP contribution in [0.3, 0.4) is 0 Å². The normalized spacial score (nSPS) is 11.7. The van der Waals surface area contributed by atoms with E-state index in [9.17, 15) is 13.2 Å². The molecule has 0 saturated heterocycles. The summed E-state index contributed by atoms with van der Waals surface area (Å²) < 4.78 is 49.0. The number of nitrogens with zero attached hydrogens (tertiary/aromatic N) is 2. The average Bonchev–Trinajstić information content (AvgIpc) is 3.47. The maximum atomic E-state index is 13.6. The van der Waals surface area contributed by atoms with Gasteiger partial charge in [-0.05, 0) is 54.3 Å². The van der Waals surface area contributed by atoms with Gasteiger partial charge >= 0.3 is 0 Å². The highest BCUT2D eigenvalue weighted by atomic mass is 32.2. The number of benzene rings is 2. The zero-order chi connectivity index (χ0) is 28.1. The lowest BCUT2D eigenvalue weighted by atomic mass is 10.1. The fraction of sp³-hybridized carbons (Fsp3) is 0.345. The second-order valence-electron chi connectivity index (χ2n) is 8.77. The van der Waals surface area contributed by atoms with Gasteiger partial charge < -0.3 is 23.5 Å². The van der Waals surface area contributed by atoms with Crippen molar-refractivity contribution in [2.24, 2.45) is 0 Å². The summed E-state index contributed by atoms with van der Waals surface area (Å²) in [5, 5.41) is 1.14. The molecule has 0 radical (unpaired) electrons. The standard InChI is InChI=1S/C29H36N2O7S/c1-35-18-8-16-31(39(33,34)20-15-24-9-5-4-6-10-24)23-29(32)30(22-26-11-7-19-38-26)17-14-25-12-13-27(36-2)28(21-25)37-3/h4-7,9-13,15,19-21H,8,14,16-18,22-23H2,1-3H3. The van der Waals surface area contributed by atoms with Crippen molar-refractivity contribution in [1.82, 2.24) is 9.21 Å². The summed E-state index contributed by atoms with van der Waals surface area (Å²) in [6.45, 7) is 0.771. The van der Waals surface area contributed by atoms with E-state index in [1.54, 1.807) is 44.6 Å². The van der Waals surface area contributed by atoms with Crippen LogP contribution < -0.4 is 9.47 Å². The van der Waals surface area contributed by atoms with Gasteiger partial charge in [0.2, 0.25) is 15.9 Å². The third-order valence-corrected chi connectivity index (χ3v) is 7.57. The highest BCUT2D eigenvalue weighted by Crippen LogP contribution is 2.28. The van der Waals surface area contributed by atoms with Crippen molar-refractivity contribution in [2.75, 3.05) is 47.6 Å². The Morgan fingerprint density at radius 2 is 1.72 bits per heavy atom. The molecule has 0 atom stereocenters. The molecule has 3 rings (SSSR count). The number of carbonyl (C=O) groups is 1. The van der Waals surface area contributed by atoms with Crippen LogP contribution in [0.2, 0.25) is 0 Å². The maximum absolute atomic E-state index is 13.6. The molecule has 0 unspecified atom stereocenters. The number of sulfonamides is 1. The molecule has 9 nitrogen and oxygen atoms in total. The van der Waals surface area contributed by atoms with Crippen molar-refractivity contribution in [3.8, 4) is 11.5 Å². The molecule has 39 heavy (non-hydrogen) atoms. The maximum Gasteiger partial charge on any atom is 0.238 e. The molecule has 0 aliphatic carbocycles. The lowest BCUT2D eigenvalue weighted by Gasteiger charge is -2.26. The molecule has 0 saturated carbocycles. The smallest absolute Gasteiger partial charge is 0.238 e. The lowest BCUT2D eigenvalue weighted by molar-refractivity contribution is -0.132. The summed E-state index contributed by atoms with van der Waals surface area (Å²) in [7, 11) is 0.815. The topological polar surface area (TPSA) is 98.5 Å². The minimum Gasteiger partial charge on any atom is -0.493 e. The molecule has 0 aliphatic rings. The van der Waals surface area contributed by atoms with Crippen molar-refractivity contribution < 1.29 is 31.8 Å². The van der Waals surface area contributed by atoms with Crippen LogP contribution in [0.4, 0.5) is 0 Å². The number of hydrogen-bond donors (Lipinski definition) is 0. The fourth-order valence-corrected chi connectivity index (χ4v) is 5.11. The molecule has 210 valence electrons. The van der Waals surface area contributed by atoms with Gasteiger partial charge in [-0.3, -0.25) is 4.79 Å². The monoisotopic (exact) mass is 556 g/mol. The van der Waals surface area contributed by atoms with Crippen LogP contribution in [0.5, 0.6) is 11.5 Å². The molecule has 0 bridgehead atoms. The highest BCUT2D eigenvalue weighted by molar-refractivity contribution is 7.92. The predicted octanol–water partition coefficient (Wildman–Crippen LogP) is 4.21. The molecule has 2 aromatic carbocycles. The first-order valence-corrected chi connectivity index (χ1v) is 14.1. The van der Waals surface area contributed by atoms with Gasteiger partial charge in [-0.1, -0.05) is 36.4 Å². The Morgan fingerprint density at radius 3 is 2.38 bits per heavy atom. The minimum atomic E-state index is -3.88. The summed E-state index contributed by atoms with van der Waals surface area (Å²) in [6.07, 6.45) is 4.05.